The average Bonchev–Trinajstić information content (AvgIpc) is 2.48. The van der Waals surface area contributed by atoms with Crippen molar-refractivity contribution in [3.8, 4) is 0 Å². The first-order valence-electron chi connectivity index (χ1n) is 4.07. The van der Waals surface area contributed by atoms with Gasteiger partial charge in [-0.05, 0) is 18.6 Å². The minimum absolute atomic E-state index is 0.0297. The van der Waals surface area contributed by atoms with Crippen LogP contribution in [0.1, 0.15) is 18.5 Å². The van der Waals surface area contributed by atoms with E-state index in [2.05, 4.69) is 4.98 Å². The van der Waals surface area contributed by atoms with Gasteiger partial charge < -0.3 is 10.1 Å². The summed E-state index contributed by atoms with van der Waals surface area (Å²) >= 11 is 5.93. The number of halogens is 1. The van der Waals surface area contributed by atoms with Crippen LogP contribution in [0.5, 0.6) is 0 Å². The van der Waals surface area contributed by atoms with Crippen LogP contribution in [0.4, 0.5) is 0 Å². The van der Waals surface area contributed by atoms with Crippen LogP contribution < -0.4 is 5.73 Å². The highest BCUT2D eigenvalue weighted by atomic mass is 35.5. The Morgan fingerprint density at radius 1 is 1.62 bits per heavy atom. The van der Waals surface area contributed by atoms with E-state index >= 15 is 0 Å². The van der Waals surface area contributed by atoms with Crippen LogP contribution in [-0.4, -0.2) is 9.38 Å². The van der Waals surface area contributed by atoms with Gasteiger partial charge in [0.05, 0.1) is 5.52 Å². The van der Waals surface area contributed by atoms with Crippen molar-refractivity contribution in [2.45, 2.75) is 13.0 Å². The molecule has 1 unspecified atom stereocenters. The Bertz CT molecular complexity index is 433. The van der Waals surface area contributed by atoms with Crippen molar-refractivity contribution in [3.05, 3.63) is 35.4 Å². The monoisotopic (exact) mass is 195 g/mol. The van der Waals surface area contributed by atoms with Gasteiger partial charge in [-0.25, -0.2) is 4.98 Å². The molecular formula is C9H10ClN3. The standard InChI is InChI=1S/C9H10ClN3/c1-6(11)7-3-2-4-13-5-12-9(10)8(7)13/h2-6H,11H2,1H3. The molecule has 3 nitrogen and oxygen atoms in total. The molecule has 0 aliphatic carbocycles. The molecule has 0 amide bonds. The maximum atomic E-state index is 5.93. The molecule has 0 saturated heterocycles. The van der Waals surface area contributed by atoms with E-state index in [9.17, 15) is 0 Å². The highest BCUT2D eigenvalue weighted by Crippen LogP contribution is 2.23. The zero-order valence-corrected chi connectivity index (χ0v) is 7.99. The third kappa shape index (κ3) is 1.30. The third-order valence-corrected chi connectivity index (χ3v) is 2.31. The fourth-order valence-electron chi connectivity index (χ4n) is 1.41. The van der Waals surface area contributed by atoms with Crippen LogP contribution in [0, 0.1) is 0 Å². The molecule has 0 bridgehead atoms. The first-order chi connectivity index (χ1) is 6.20. The van der Waals surface area contributed by atoms with Gasteiger partial charge in [0.1, 0.15) is 6.33 Å². The number of nitrogens with two attached hydrogens (primary N) is 1. The topological polar surface area (TPSA) is 43.3 Å². The molecular weight excluding hydrogens is 186 g/mol. The maximum absolute atomic E-state index is 5.93. The summed E-state index contributed by atoms with van der Waals surface area (Å²) in [7, 11) is 0. The van der Waals surface area contributed by atoms with E-state index in [0.29, 0.717) is 5.15 Å². The Kier molecular flexibility index (Phi) is 1.98. The molecule has 0 saturated carbocycles. The zero-order chi connectivity index (χ0) is 9.42. The molecule has 0 radical (unpaired) electrons. The molecule has 13 heavy (non-hydrogen) atoms. The summed E-state index contributed by atoms with van der Waals surface area (Å²) < 4.78 is 1.88. The Morgan fingerprint density at radius 2 is 2.38 bits per heavy atom. The molecule has 68 valence electrons. The van der Waals surface area contributed by atoms with Crippen molar-refractivity contribution in [2.24, 2.45) is 5.73 Å². The van der Waals surface area contributed by atoms with Gasteiger partial charge in [0, 0.05) is 12.2 Å². The lowest BCUT2D eigenvalue weighted by atomic mass is 10.1. The number of rotatable bonds is 1. The molecule has 0 aliphatic heterocycles. The van der Waals surface area contributed by atoms with Crippen molar-refractivity contribution in [3.63, 3.8) is 0 Å². The van der Waals surface area contributed by atoms with Gasteiger partial charge in [-0.1, -0.05) is 17.7 Å². The summed E-state index contributed by atoms with van der Waals surface area (Å²) in [4.78, 5) is 4.01. The molecule has 0 fully saturated rings. The van der Waals surface area contributed by atoms with Gasteiger partial charge in [0.2, 0.25) is 0 Å². The lowest BCUT2D eigenvalue weighted by molar-refractivity contribution is 0.820. The van der Waals surface area contributed by atoms with Crippen molar-refractivity contribution < 1.29 is 0 Å². The third-order valence-electron chi connectivity index (χ3n) is 2.04. The van der Waals surface area contributed by atoms with Crippen molar-refractivity contribution in [2.75, 3.05) is 0 Å². The number of aromatic nitrogens is 2. The SMILES string of the molecule is CC(N)c1cccn2cnc(Cl)c12. The highest BCUT2D eigenvalue weighted by molar-refractivity contribution is 6.32. The van der Waals surface area contributed by atoms with Crippen LogP contribution in [0.25, 0.3) is 5.52 Å². The molecule has 0 aromatic carbocycles. The zero-order valence-electron chi connectivity index (χ0n) is 7.24. The van der Waals surface area contributed by atoms with Crippen LogP contribution in [0.2, 0.25) is 5.15 Å². The first-order valence-corrected chi connectivity index (χ1v) is 4.44. The number of nitrogens with zero attached hydrogens (tertiary/aromatic N) is 2. The summed E-state index contributed by atoms with van der Waals surface area (Å²) in [6, 6.07) is 3.87. The molecule has 1 atom stereocenters. The van der Waals surface area contributed by atoms with Crippen molar-refractivity contribution in [1.29, 1.82) is 0 Å². The fraction of sp³-hybridized carbons (Fsp3) is 0.222. The van der Waals surface area contributed by atoms with Crippen LogP contribution >= 0.6 is 11.6 Å². The second kappa shape index (κ2) is 3.01. The molecule has 2 aromatic rings. The molecule has 0 aliphatic rings. The fourth-order valence-corrected chi connectivity index (χ4v) is 1.66. The van der Waals surface area contributed by atoms with Gasteiger partial charge in [-0.2, -0.15) is 0 Å². The lowest BCUT2D eigenvalue weighted by Gasteiger charge is -2.07. The minimum Gasteiger partial charge on any atom is -0.324 e. The van der Waals surface area contributed by atoms with E-state index in [-0.39, 0.29) is 6.04 Å². The number of hydrogen-bond acceptors (Lipinski definition) is 2. The number of imidazole rings is 1. The van der Waals surface area contributed by atoms with E-state index < -0.39 is 0 Å². The molecule has 4 heteroatoms. The van der Waals surface area contributed by atoms with Crippen LogP contribution in [0.3, 0.4) is 0 Å². The summed E-state index contributed by atoms with van der Waals surface area (Å²) in [6.45, 7) is 1.93. The predicted molar refractivity (Wildman–Crippen MR) is 52.8 cm³/mol. The molecule has 0 spiro atoms. The maximum Gasteiger partial charge on any atom is 0.155 e. The van der Waals surface area contributed by atoms with Gasteiger partial charge in [0.25, 0.3) is 0 Å². The normalized spacial score (nSPS) is 13.5. The van der Waals surface area contributed by atoms with E-state index in [1.807, 2.05) is 29.7 Å². The Morgan fingerprint density at radius 3 is 3.08 bits per heavy atom. The average molecular weight is 196 g/mol. The molecule has 2 N–H and O–H groups in total. The Hall–Kier alpha value is -1.06. The van der Waals surface area contributed by atoms with Crippen LogP contribution in [-0.2, 0) is 0 Å². The first kappa shape index (κ1) is 8.53. The summed E-state index contributed by atoms with van der Waals surface area (Å²) in [5.41, 5.74) is 7.73. The number of pyridine rings is 1. The molecule has 2 rings (SSSR count). The summed E-state index contributed by atoms with van der Waals surface area (Å²) in [5.74, 6) is 0. The van der Waals surface area contributed by atoms with E-state index in [0.717, 1.165) is 11.1 Å². The number of fused-ring (bicyclic) bond motifs is 1. The largest absolute Gasteiger partial charge is 0.324 e. The van der Waals surface area contributed by atoms with E-state index in [4.69, 9.17) is 17.3 Å². The second-order valence-electron chi connectivity index (χ2n) is 3.04. The minimum atomic E-state index is -0.0297. The number of hydrogen-bond donors (Lipinski definition) is 1. The smallest absolute Gasteiger partial charge is 0.155 e. The van der Waals surface area contributed by atoms with Gasteiger partial charge in [0.15, 0.2) is 5.15 Å². The summed E-state index contributed by atoms with van der Waals surface area (Å²) in [5, 5.41) is 0.507. The molecule has 2 aromatic heterocycles. The second-order valence-corrected chi connectivity index (χ2v) is 3.40. The Labute approximate surface area is 81.1 Å². The quantitative estimate of drug-likeness (QED) is 0.757. The van der Waals surface area contributed by atoms with Gasteiger partial charge in [-0.3, -0.25) is 0 Å². The van der Waals surface area contributed by atoms with E-state index in [1.54, 1.807) is 6.33 Å². The van der Waals surface area contributed by atoms with Crippen LogP contribution in [0.15, 0.2) is 24.7 Å². The molecule has 2 heterocycles. The highest BCUT2D eigenvalue weighted by Gasteiger charge is 2.09. The van der Waals surface area contributed by atoms with E-state index in [1.165, 1.54) is 0 Å². The lowest BCUT2D eigenvalue weighted by Crippen LogP contribution is -2.06. The van der Waals surface area contributed by atoms with Crippen molar-refractivity contribution >= 4 is 17.1 Å². The van der Waals surface area contributed by atoms with Crippen molar-refractivity contribution in [1.82, 2.24) is 9.38 Å². The Balaban J connectivity index is 2.80. The van der Waals surface area contributed by atoms with Gasteiger partial charge in [-0.15, -0.1) is 0 Å². The summed E-state index contributed by atoms with van der Waals surface area (Å²) in [6.07, 6.45) is 3.59. The van der Waals surface area contributed by atoms with Gasteiger partial charge >= 0.3 is 0 Å². The predicted octanol–water partition coefficient (Wildman–Crippen LogP) is 2.01.